The molecule has 4 aromatic rings. The van der Waals surface area contributed by atoms with E-state index in [2.05, 4.69) is 78.8 Å². The van der Waals surface area contributed by atoms with Crippen LogP contribution < -0.4 is 81.0 Å². The van der Waals surface area contributed by atoms with Crippen LogP contribution in [-0.4, -0.2) is 281 Å². The molecule has 2 saturated heterocycles. The van der Waals surface area contributed by atoms with E-state index in [1.54, 1.807) is 74.6 Å². The number of unbranched alkanes of at least 4 members (excludes halogenated alkanes) is 1. The Hall–Kier alpha value is -12.5. The number of amides is 15. The monoisotopic (exact) mass is 1670 g/mol. The third kappa shape index (κ3) is 29.9. The van der Waals surface area contributed by atoms with Crippen LogP contribution in [0.1, 0.15) is 127 Å². The van der Waals surface area contributed by atoms with Crippen molar-refractivity contribution in [1.29, 1.82) is 0 Å². The summed E-state index contributed by atoms with van der Waals surface area (Å²) < 4.78 is 0. The number of aromatic amines is 2. The summed E-state index contributed by atoms with van der Waals surface area (Å²) in [6, 6.07) is -4.45. The molecule has 0 spiro atoms. The summed E-state index contributed by atoms with van der Waals surface area (Å²) in [6.45, 7) is 0.918. The van der Waals surface area contributed by atoms with Gasteiger partial charge in [0.2, 0.25) is 88.6 Å². The lowest BCUT2D eigenvalue weighted by molar-refractivity contribution is -0.150. The van der Waals surface area contributed by atoms with Crippen LogP contribution in [0.4, 0.5) is 0 Å². The fourth-order valence-corrected chi connectivity index (χ4v) is 13.3. The number of H-pyrrole nitrogens is 2. The molecule has 0 unspecified atom stereocenters. The minimum Gasteiger partial charge on any atom is -0.481 e. The van der Waals surface area contributed by atoms with Crippen molar-refractivity contribution in [2.24, 2.45) is 23.1 Å². The number of carbonyl (C=O) groups excluding carboxylic acids is 15. The van der Waals surface area contributed by atoms with Crippen LogP contribution in [0.3, 0.4) is 0 Å². The Morgan fingerprint density at radius 3 is 1.61 bits per heavy atom. The maximum absolute atomic E-state index is 14.8. The van der Waals surface area contributed by atoms with Crippen LogP contribution >= 0.6 is 0 Å². The molecule has 15 amide bonds. The maximum Gasteiger partial charge on any atom is 0.326 e. The normalized spacial score (nSPS) is 16.7. The summed E-state index contributed by atoms with van der Waals surface area (Å²) in [5.41, 5.74) is 19.5. The average molecular weight is 1670 g/mol. The summed E-state index contributed by atoms with van der Waals surface area (Å²) in [4.78, 5) is 255. The van der Waals surface area contributed by atoms with E-state index in [1.165, 1.54) is 19.4 Å². The molecule has 2 aliphatic heterocycles. The van der Waals surface area contributed by atoms with Crippen molar-refractivity contribution in [3.05, 3.63) is 90.1 Å². The highest BCUT2D eigenvalue weighted by Gasteiger charge is 2.43. The van der Waals surface area contributed by atoms with E-state index in [1.807, 2.05) is 0 Å². The second-order valence-corrected chi connectivity index (χ2v) is 29.0. The summed E-state index contributed by atoms with van der Waals surface area (Å²) in [6.07, 6.45) is 1.65. The van der Waals surface area contributed by atoms with Crippen LogP contribution in [0.5, 0.6) is 0 Å². The predicted molar refractivity (Wildman–Crippen MR) is 419 cm³/mol. The first-order chi connectivity index (χ1) is 56.7. The minimum atomic E-state index is -1.85. The molecule has 119 heavy (non-hydrogen) atoms. The second-order valence-electron chi connectivity index (χ2n) is 29.0. The smallest absolute Gasteiger partial charge is 0.326 e. The maximum atomic E-state index is 14.8. The molecule has 25 N–H and O–H groups in total. The Bertz CT molecular complexity index is 4220. The van der Waals surface area contributed by atoms with Crippen molar-refractivity contribution in [2.75, 3.05) is 45.9 Å². The summed E-state index contributed by atoms with van der Waals surface area (Å²) >= 11 is 0. The van der Waals surface area contributed by atoms with Crippen molar-refractivity contribution in [1.82, 2.24) is 88.6 Å². The molecule has 43 heteroatoms. The van der Waals surface area contributed by atoms with Crippen LogP contribution in [0.2, 0.25) is 0 Å². The lowest BCUT2D eigenvalue weighted by Gasteiger charge is -2.31. The molecule has 0 radical (unpaired) electrons. The largest absolute Gasteiger partial charge is 0.481 e. The highest BCUT2D eigenvalue weighted by Crippen LogP contribution is 2.24. The molecule has 0 saturated carbocycles. The number of rotatable bonds is 50. The third-order valence-electron chi connectivity index (χ3n) is 20.1. The number of nitrogens with two attached hydrogens (primary N) is 3. The first-order valence-corrected chi connectivity index (χ1v) is 39.0. The quantitative estimate of drug-likeness (QED) is 0.0183. The second kappa shape index (κ2) is 47.6. The number of aliphatic hydroxyl groups excluding tert-OH is 2. The highest BCUT2D eigenvalue weighted by molar-refractivity contribution is 6.01. The molecule has 14 atom stereocenters. The van der Waals surface area contributed by atoms with E-state index in [9.17, 15) is 112 Å². The number of aromatic nitrogens is 3. The molecular weight excluding hydrogens is 1560 g/mol. The summed E-state index contributed by atoms with van der Waals surface area (Å²) in [7, 11) is 0. The van der Waals surface area contributed by atoms with Crippen molar-refractivity contribution in [3.63, 3.8) is 0 Å². The van der Waals surface area contributed by atoms with Crippen LogP contribution in [0.25, 0.3) is 10.9 Å². The molecule has 6 rings (SSSR count). The van der Waals surface area contributed by atoms with Gasteiger partial charge in [0.25, 0.3) is 0 Å². The fourth-order valence-electron chi connectivity index (χ4n) is 13.3. The molecule has 0 bridgehead atoms. The molecule has 2 aliphatic rings. The van der Waals surface area contributed by atoms with Gasteiger partial charge in [-0.1, -0.05) is 68.8 Å². The fraction of sp³-hybridized carbons (Fsp3) is 0.539. The van der Waals surface area contributed by atoms with Gasteiger partial charge in [-0.3, -0.25) is 81.5 Å². The van der Waals surface area contributed by atoms with E-state index in [0.717, 1.165) is 9.80 Å². The number of hydrogen-bond donors (Lipinski definition) is 22. The predicted octanol–water partition coefficient (Wildman–Crippen LogP) is -6.43. The standard InChI is InChI=1S/C76H108N20O23/c1-4-40(2)63(94-69(111)52(30-42-14-6-5-7-15-42)90-70(112)54(37-97)92-65(107)46(78)32-44-34-80-39-84-44)73(115)87-48(18-10-11-27-77)67(109)86-49(21-24-58(79)99)68(110)89-51(23-26-62(104)105)74(116)95-28-12-19-56(95)72(114)93-55(38-98)71(113)91-53(31-43-33-81-47-17-9-8-16-45(43)47)66(108)83-35-59(100)82-36-60(101)85-41(3)64(106)88-50(22-25-61(102)103)75(117)96-29-13-20-57(96)76(118)119/h5-9,14-17,33-34,39-41,46,48-57,63,81,97-98H,4,10-13,18-32,35-38,77-78H2,1-3H3,(H2,79,99)(H,80,84)(H,82,100)(H,83,108)(H,85,101)(H,86,109)(H,87,115)(H,88,106)(H,89,110)(H,90,112)(H,91,113)(H,92,107)(H,93,114)(H,94,111)(H,102,103)(H,104,105)(H,118,119)/t40-,41-,46-,48-,49-,50-,51-,52-,53-,54-,55-,56-,57-,63-/m0/s1. The number of fused-ring (bicyclic) bond motifs is 1. The zero-order valence-electron chi connectivity index (χ0n) is 66.1. The molecule has 4 heterocycles. The molecular formula is C76H108N20O23. The number of likely N-dealkylation sites (tertiary alicyclic amines) is 2. The van der Waals surface area contributed by atoms with Gasteiger partial charge in [0, 0.05) is 74.9 Å². The zero-order valence-corrected chi connectivity index (χ0v) is 66.1. The van der Waals surface area contributed by atoms with E-state index >= 15 is 0 Å². The van der Waals surface area contributed by atoms with Gasteiger partial charge in [-0.2, -0.15) is 0 Å². The van der Waals surface area contributed by atoms with Crippen molar-refractivity contribution < 1.29 is 112 Å². The molecule has 2 aromatic carbocycles. The first-order valence-electron chi connectivity index (χ1n) is 39.0. The molecule has 2 fully saturated rings. The molecule has 43 nitrogen and oxygen atoms in total. The average Bonchev–Trinajstić information content (AvgIpc) is 1.75. The van der Waals surface area contributed by atoms with E-state index in [0.29, 0.717) is 40.6 Å². The van der Waals surface area contributed by atoms with Gasteiger partial charge in [-0.25, -0.2) is 9.78 Å². The Morgan fingerprint density at radius 1 is 0.521 bits per heavy atom. The van der Waals surface area contributed by atoms with Crippen molar-refractivity contribution >= 4 is 117 Å². The number of imidazole rings is 1. The topological polar surface area (TPSA) is 682 Å². The number of nitrogens with zero attached hydrogens (tertiary/aromatic N) is 3. The number of hydrogen-bond acceptors (Lipinski definition) is 23. The van der Waals surface area contributed by atoms with Gasteiger partial charge in [0.15, 0.2) is 0 Å². The number of para-hydroxylation sites is 1. The SMILES string of the molecule is CC[C@H](C)[C@H](NC(=O)[C@H](Cc1ccccc1)NC(=O)[C@H](CO)NC(=O)[C@@H](N)Cc1c[nH]cn1)C(=O)N[C@@H](CCCCN)C(=O)N[C@@H](CCC(N)=O)C(=O)N[C@@H](CCC(=O)O)C(=O)N1CCC[C@H]1C(=O)N[C@@H](CO)C(=O)N[C@@H](Cc1c[nH]c2ccccc12)C(=O)NCC(=O)NCC(=O)N[C@@H](C)C(=O)N[C@@H](CCC(=O)O)C(=O)N1CCC[C@H]1C(=O)O. The number of carboxylic acid groups (broad SMARTS) is 3. The molecule has 2 aromatic heterocycles. The Kier molecular flexibility index (Phi) is 38.2. The number of aliphatic hydroxyl groups is 2. The lowest BCUT2D eigenvalue weighted by atomic mass is 9.96. The number of carbonyl (C=O) groups is 18. The van der Waals surface area contributed by atoms with Gasteiger partial charge >= 0.3 is 17.9 Å². The lowest BCUT2D eigenvalue weighted by Crippen LogP contribution is -2.61. The first kappa shape index (κ1) is 95.3. The van der Waals surface area contributed by atoms with Crippen LogP contribution in [0, 0.1) is 5.92 Å². The number of carboxylic acids is 3. The molecule has 0 aliphatic carbocycles. The number of primary amides is 1. The van der Waals surface area contributed by atoms with E-state index in [-0.39, 0.29) is 77.4 Å². The van der Waals surface area contributed by atoms with Gasteiger partial charge < -0.3 is 126 Å². The third-order valence-corrected chi connectivity index (χ3v) is 20.1. The van der Waals surface area contributed by atoms with Crippen LogP contribution in [0.15, 0.2) is 73.3 Å². The van der Waals surface area contributed by atoms with Crippen molar-refractivity contribution in [2.45, 2.75) is 208 Å². The van der Waals surface area contributed by atoms with Gasteiger partial charge in [0.1, 0.15) is 72.5 Å². The van der Waals surface area contributed by atoms with E-state index in [4.69, 9.17) is 17.2 Å². The summed E-state index contributed by atoms with van der Waals surface area (Å²) in [5, 5.41) is 79.7. The molecule has 650 valence electrons. The highest BCUT2D eigenvalue weighted by atomic mass is 16.4. The van der Waals surface area contributed by atoms with Crippen molar-refractivity contribution in [3.8, 4) is 0 Å². The Morgan fingerprint density at radius 2 is 1.03 bits per heavy atom. The zero-order chi connectivity index (χ0) is 87.6. The number of nitrogens with one attached hydrogen (secondary N) is 14. The number of aliphatic carboxylic acids is 3. The summed E-state index contributed by atoms with van der Waals surface area (Å²) in [5.74, 6) is -19.4. The van der Waals surface area contributed by atoms with E-state index < -0.39 is 256 Å². The van der Waals surface area contributed by atoms with Crippen LogP contribution in [-0.2, 0) is 106 Å². The van der Waals surface area contributed by atoms with Gasteiger partial charge in [-0.05, 0) is 101 Å². The Balaban J connectivity index is 1.12. The van der Waals surface area contributed by atoms with Gasteiger partial charge in [0.05, 0.1) is 44.4 Å². The number of benzene rings is 2. The van der Waals surface area contributed by atoms with Gasteiger partial charge in [-0.15, -0.1) is 0 Å². The minimum absolute atomic E-state index is 0.0294. The Labute approximate surface area is 682 Å².